The highest BCUT2D eigenvalue weighted by Gasteiger charge is 2.34. The number of amides is 3. The van der Waals surface area contributed by atoms with E-state index in [1.807, 2.05) is 4.90 Å². The number of urea groups is 1. The maximum atomic E-state index is 12.5. The van der Waals surface area contributed by atoms with Gasteiger partial charge in [0.2, 0.25) is 5.91 Å². The number of piperazine rings is 1. The summed E-state index contributed by atoms with van der Waals surface area (Å²) in [6, 6.07) is 7.87. The minimum atomic E-state index is -0.393. The molecule has 0 spiro atoms. The van der Waals surface area contributed by atoms with Crippen LogP contribution < -0.4 is 5.32 Å². The summed E-state index contributed by atoms with van der Waals surface area (Å²) in [5.74, 6) is 0.0400. The van der Waals surface area contributed by atoms with Gasteiger partial charge in [0, 0.05) is 39.8 Å². The molecule has 6 nitrogen and oxygen atoms in total. The van der Waals surface area contributed by atoms with E-state index in [4.69, 9.17) is 0 Å². The van der Waals surface area contributed by atoms with Crippen LogP contribution in [0.2, 0.25) is 0 Å². The molecule has 0 bridgehead atoms. The van der Waals surface area contributed by atoms with E-state index in [2.05, 4.69) is 41.4 Å². The van der Waals surface area contributed by atoms with Crippen molar-refractivity contribution in [3.8, 4) is 0 Å². The number of carbonyl (C=O) groups is 2. The molecule has 1 aromatic carbocycles. The van der Waals surface area contributed by atoms with Crippen molar-refractivity contribution in [3.63, 3.8) is 0 Å². The van der Waals surface area contributed by atoms with Crippen molar-refractivity contribution in [1.82, 2.24) is 20.0 Å². The molecule has 2 fully saturated rings. The highest BCUT2D eigenvalue weighted by molar-refractivity contribution is 5.90. The number of hydrogen-bond donors (Lipinski definition) is 1. The fourth-order valence-corrected chi connectivity index (χ4v) is 3.18. The van der Waals surface area contributed by atoms with Crippen LogP contribution in [0.15, 0.2) is 24.3 Å². The lowest BCUT2D eigenvalue weighted by Gasteiger charge is -2.36. The quantitative estimate of drug-likeness (QED) is 0.891. The summed E-state index contributed by atoms with van der Waals surface area (Å²) in [6.45, 7) is 6.71. The number of nitrogens with one attached hydrogen (secondary N) is 1. The number of likely N-dealkylation sites (N-methyl/N-ethyl adjacent to an activating group) is 1. The topological polar surface area (TPSA) is 55.9 Å². The summed E-state index contributed by atoms with van der Waals surface area (Å²) in [4.78, 5) is 29.8. The summed E-state index contributed by atoms with van der Waals surface area (Å²) in [7, 11) is 1.71. The Kier molecular flexibility index (Phi) is 4.52. The zero-order chi connectivity index (χ0) is 16.4. The van der Waals surface area contributed by atoms with Gasteiger partial charge in [0.15, 0.2) is 0 Å². The van der Waals surface area contributed by atoms with Crippen molar-refractivity contribution in [2.24, 2.45) is 0 Å². The monoisotopic (exact) mass is 316 g/mol. The van der Waals surface area contributed by atoms with Crippen molar-refractivity contribution in [1.29, 1.82) is 0 Å². The van der Waals surface area contributed by atoms with Crippen LogP contribution in [0.1, 0.15) is 11.1 Å². The molecule has 2 heterocycles. The van der Waals surface area contributed by atoms with Gasteiger partial charge in [-0.25, -0.2) is 4.79 Å². The molecule has 0 aliphatic carbocycles. The van der Waals surface area contributed by atoms with E-state index in [0.717, 1.165) is 32.7 Å². The fraction of sp³-hybridized carbons (Fsp3) is 0.529. The lowest BCUT2D eigenvalue weighted by molar-refractivity contribution is -0.134. The molecular weight excluding hydrogens is 292 g/mol. The predicted octanol–water partition coefficient (Wildman–Crippen LogP) is 0.663. The number of rotatable bonds is 3. The van der Waals surface area contributed by atoms with E-state index in [1.54, 1.807) is 11.9 Å². The Bertz CT molecular complexity index is 596. The van der Waals surface area contributed by atoms with Crippen LogP contribution in [0.5, 0.6) is 0 Å². The van der Waals surface area contributed by atoms with Gasteiger partial charge in [0.1, 0.15) is 6.04 Å². The van der Waals surface area contributed by atoms with Gasteiger partial charge in [-0.05, 0) is 18.1 Å². The van der Waals surface area contributed by atoms with Crippen molar-refractivity contribution in [2.75, 3.05) is 39.8 Å². The zero-order valence-corrected chi connectivity index (χ0v) is 13.8. The summed E-state index contributed by atoms with van der Waals surface area (Å²) >= 11 is 0. The van der Waals surface area contributed by atoms with Crippen molar-refractivity contribution in [3.05, 3.63) is 35.4 Å². The molecule has 3 rings (SSSR count). The van der Waals surface area contributed by atoms with E-state index in [9.17, 15) is 9.59 Å². The van der Waals surface area contributed by atoms with Gasteiger partial charge in [0.05, 0.1) is 6.54 Å². The molecule has 1 N–H and O–H groups in total. The standard InChI is InChI=1S/C17H24N4O2/c1-13-5-3-4-6-14(13)11-20-7-9-21(10-8-20)16(22)15-12-19(2)17(23)18-15/h3-6,15H,7-12H2,1-2H3,(H,18,23). The van der Waals surface area contributed by atoms with Crippen molar-refractivity contribution in [2.45, 2.75) is 19.5 Å². The van der Waals surface area contributed by atoms with Crippen LogP contribution in [-0.4, -0.2) is 72.5 Å². The number of aryl methyl sites for hydroxylation is 1. The van der Waals surface area contributed by atoms with Gasteiger partial charge >= 0.3 is 6.03 Å². The molecule has 2 saturated heterocycles. The Hall–Kier alpha value is -2.08. The van der Waals surface area contributed by atoms with Crippen LogP contribution >= 0.6 is 0 Å². The molecule has 0 saturated carbocycles. The Morgan fingerprint density at radius 2 is 1.91 bits per heavy atom. The number of benzene rings is 1. The highest BCUT2D eigenvalue weighted by Crippen LogP contribution is 2.13. The molecule has 124 valence electrons. The Labute approximate surface area is 137 Å². The molecule has 0 aromatic heterocycles. The SMILES string of the molecule is Cc1ccccc1CN1CCN(C(=O)C2CN(C)C(=O)N2)CC1. The van der Waals surface area contributed by atoms with Gasteiger partial charge < -0.3 is 15.1 Å². The second-order valence-electron chi connectivity index (χ2n) is 6.41. The smallest absolute Gasteiger partial charge is 0.317 e. The third kappa shape index (κ3) is 3.47. The first-order valence-electron chi connectivity index (χ1n) is 8.12. The largest absolute Gasteiger partial charge is 0.338 e. The maximum absolute atomic E-state index is 12.5. The average Bonchev–Trinajstić information content (AvgIpc) is 2.89. The summed E-state index contributed by atoms with van der Waals surface area (Å²) in [5.41, 5.74) is 2.65. The number of hydrogen-bond acceptors (Lipinski definition) is 3. The predicted molar refractivity (Wildman–Crippen MR) is 88.0 cm³/mol. The minimum Gasteiger partial charge on any atom is -0.338 e. The molecule has 6 heteroatoms. The minimum absolute atomic E-state index is 0.0400. The molecule has 3 amide bonds. The summed E-state index contributed by atoms with van der Waals surface area (Å²) in [5, 5.41) is 2.74. The first-order chi connectivity index (χ1) is 11.0. The summed E-state index contributed by atoms with van der Waals surface area (Å²) < 4.78 is 0. The van der Waals surface area contributed by atoms with E-state index >= 15 is 0 Å². The van der Waals surface area contributed by atoms with E-state index in [1.165, 1.54) is 11.1 Å². The third-order valence-electron chi connectivity index (χ3n) is 4.74. The van der Waals surface area contributed by atoms with Crippen LogP contribution in [0.25, 0.3) is 0 Å². The Morgan fingerprint density at radius 3 is 2.52 bits per heavy atom. The molecule has 1 atom stereocenters. The van der Waals surface area contributed by atoms with E-state index < -0.39 is 6.04 Å². The van der Waals surface area contributed by atoms with Gasteiger partial charge in [0.25, 0.3) is 0 Å². The first kappa shape index (κ1) is 15.8. The molecule has 2 aliphatic heterocycles. The maximum Gasteiger partial charge on any atom is 0.317 e. The second kappa shape index (κ2) is 6.58. The number of carbonyl (C=O) groups excluding carboxylic acids is 2. The van der Waals surface area contributed by atoms with E-state index in [0.29, 0.717) is 6.54 Å². The molecule has 1 unspecified atom stereocenters. The molecule has 0 radical (unpaired) electrons. The third-order valence-corrected chi connectivity index (χ3v) is 4.74. The molecule has 1 aromatic rings. The normalized spacial score (nSPS) is 22.3. The average molecular weight is 316 g/mol. The molecular formula is C17H24N4O2. The highest BCUT2D eigenvalue weighted by atomic mass is 16.2. The van der Waals surface area contributed by atoms with Crippen molar-refractivity contribution < 1.29 is 9.59 Å². The van der Waals surface area contributed by atoms with Crippen LogP contribution in [0, 0.1) is 6.92 Å². The van der Waals surface area contributed by atoms with Gasteiger partial charge in [-0.3, -0.25) is 9.69 Å². The number of nitrogens with zero attached hydrogens (tertiary/aromatic N) is 3. The van der Waals surface area contributed by atoms with Gasteiger partial charge in [-0.15, -0.1) is 0 Å². The summed E-state index contributed by atoms with van der Waals surface area (Å²) in [6.07, 6.45) is 0. The van der Waals surface area contributed by atoms with E-state index in [-0.39, 0.29) is 11.9 Å². The van der Waals surface area contributed by atoms with Crippen LogP contribution in [-0.2, 0) is 11.3 Å². The Balaban J connectivity index is 1.51. The lowest BCUT2D eigenvalue weighted by atomic mass is 10.1. The van der Waals surface area contributed by atoms with Gasteiger partial charge in [-0.1, -0.05) is 24.3 Å². The second-order valence-corrected chi connectivity index (χ2v) is 6.41. The zero-order valence-electron chi connectivity index (χ0n) is 13.8. The van der Waals surface area contributed by atoms with Gasteiger partial charge in [-0.2, -0.15) is 0 Å². The molecule has 23 heavy (non-hydrogen) atoms. The van der Waals surface area contributed by atoms with Crippen LogP contribution in [0.4, 0.5) is 4.79 Å². The first-order valence-corrected chi connectivity index (χ1v) is 8.12. The van der Waals surface area contributed by atoms with Crippen LogP contribution in [0.3, 0.4) is 0 Å². The lowest BCUT2D eigenvalue weighted by Crippen LogP contribution is -2.53. The Morgan fingerprint density at radius 1 is 1.22 bits per heavy atom. The molecule has 2 aliphatic rings. The van der Waals surface area contributed by atoms with Crippen molar-refractivity contribution >= 4 is 11.9 Å². The fourth-order valence-electron chi connectivity index (χ4n) is 3.18.